The molecule has 0 aliphatic carbocycles. The van der Waals surface area contributed by atoms with E-state index in [0.29, 0.717) is 4.21 Å². The van der Waals surface area contributed by atoms with Gasteiger partial charge in [0, 0.05) is 11.0 Å². The summed E-state index contributed by atoms with van der Waals surface area (Å²) in [5, 5.41) is 0. The molecule has 4 nitrogen and oxygen atoms in total. The van der Waals surface area contributed by atoms with Gasteiger partial charge in [0.05, 0.1) is 11.2 Å². The monoisotopic (exact) mass is 288 g/mol. The van der Waals surface area contributed by atoms with Crippen LogP contribution in [0.4, 0.5) is 0 Å². The van der Waals surface area contributed by atoms with Gasteiger partial charge in [-0.25, -0.2) is 8.42 Å². The topological polar surface area (TPSA) is 52.6 Å². The smallest absolute Gasteiger partial charge is 0.399 e. The van der Waals surface area contributed by atoms with E-state index in [1.165, 1.54) is 17.6 Å². The van der Waals surface area contributed by atoms with Crippen LogP contribution in [-0.4, -0.2) is 33.0 Å². The summed E-state index contributed by atoms with van der Waals surface area (Å²) >= 11 is 1.20. The van der Waals surface area contributed by atoms with Crippen molar-refractivity contribution in [2.24, 2.45) is 0 Å². The van der Waals surface area contributed by atoms with Gasteiger partial charge in [-0.05, 0) is 33.8 Å². The highest BCUT2D eigenvalue weighted by molar-refractivity contribution is 7.92. The summed E-state index contributed by atoms with van der Waals surface area (Å²) in [7, 11) is -3.65. The van der Waals surface area contributed by atoms with Crippen molar-refractivity contribution in [3.63, 3.8) is 0 Å². The largest absolute Gasteiger partial charge is 0.505 e. The van der Waals surface area contributed by atoms with Crippen LogP contribution in [0.15, 0.2) is 16.3 Å². The number of hydrogen-bond donors (Lipinski definition) is 0. The molecule has 1 aliphatic rings. The first-order chi connectivity index (χ1) is 8.03. The molecular weight excluding hydrogens is 271 g/mol. The van der Waals surface area contributed by atoms with Crippen molar-refractivity contribution in [3.05, 3.63) is 12.1 Å². The molecule has 0 saturated carbocycles. The Kier molecular flexibility index (Phi) is 3.17. The Bertz CT molecular complexity index is 543. The van der Waals surface area contributed by atoms with E-state index < -0.39 is 28.2 Å². The van der Waals surface area contributed by atoms with Gasteiger partial charge in [-0.15, -0.1) is 11.3 Å². The van der Waals surface area contributed by atoms with Crippen LogP contribution in [0.3, 0.4) is 0 Å². The third-order valence-electron chi connectivity index (χ3n) is 3.45. The van der Waals surface area contributed by atoms with Crippen molar-refractivity contribution < 1.29 is 17.7 Å². The average Bonchev–Trinajstić information content (AvgIpc) is 2.69. The molecule has 0 N–H and O–H groups in total. The first-order valence-corrected chi connectivity index (χ1v) is 8.39. The third-order valence-corrected chi connectivity index (χ3v) is 6.38. The van der Waals surface area contributed by atoms with Crippen LogP contribution in [0.1, 0.15) is 27.7 Å². The first-order valence-electron chi connectivity index (χ1n) is 5.68. The molecule has 2 heterocycles. The second kappa shape index (κ2) is 4.06. The third kappa shape index (κ3) is 2.36. The van der Waals surface area contributed by atoms with E-state index in [-0.39, 0.29) is 0 Å². The quantitative estimate of drug-likeness (QED) is 0.773. The maximum absolute atomic E-state index is 11.4. The minimum Gasteiger partial charge on any atom is -0.399 e. The Morgan fingerprint density at radius 1 is 1.11 bits per heavy atom. The van der Waals surface area contributed by atoms with E-state index in [4.69, 9.17) is 9.31 Å². The summed E-state index contributed by atoms with van der Waals surface area (Å²) < 4.78 is 35.8. The number of sulfone groups is 1. The summed E-state index contributed by atoms with van der Waals surface area (Å²) in [6.07, 6.45) is 1.20. The molecule has 1 aromatic heterocycles. The summed E-state index contributed by atoms with van der Waals surface area (Å²) in [5.74, 6) is 0. The van der Waals surface area contributed by atoms with Gasteiger partial charge in [-0.3, -0.25) is 0 Å². The van der Waals surface area contributed by atoms with Crippen molar-refractivity contribution in [1.82, 2.24) is 0 Å². The van der Waals surface area contributed by atoms with Gasteiger partial charge in [0.15, 0.2) is 9.84 Å². The molecule has 1 aliphatic heterocycles. The maximum atomic E-state index is 11.4. The lowest BCUT2D eigenvalue weighted by Crippen LogP contribution is -2.41. The molecule has 0 unspecified atom stereocenters. The van der Waals surface area contributed by atoms with Crippen LogP contribution < -0.4 is 4.78 Å². The zero-order valence-electron chi connectivity index (χ0n) is 11.2. The van der Waals surface area contributed by atoms with Crippen LogP contribution in [0.5, 0.6) is 0 Å². The molecule has 0 bridgehead atoms. The number of thiophene rings is 1. The van der Waals surface area contributed by atoms with Gasteiger partial charge in [-0.1, -0.05) is 6.07 Å². The first kappa shape index (κ1) is 14.1. The van der Waals surface area contributed by atoms with Crippen molar-refractivity contribution in [3.8, 4) is 0 Å². The van der Waals surface area contributed by atoms with Gasteiger partial charge >= 0.3 is 7.12 Å². The lowest BCUT2D eigenvalue weighted by molar-refractivity contribution is 0.00578. The molecule has 1 saturated heterocycles. The zero-order chi connectivity index (χ0) is 13.8. The molecule has 1 fully saturated rings. The predicted molar refractivity (Wildman–Crippen MR) is 73.1 cm³/mol. The van der Waals surface area contributed by atoms with Gasteiger partial charge in [0.2, 0.25) is 0 Å². The molecule has 1 aromatic rings. The Morgan fingerprint density at radius 2 is 1.61 bits per heavy atom. The van der Waals surface area contributed by atoms with Gasteiger partial charge < -0.3 is 9.31 Å². The van der Waals surface area contributed by atoms with Crippen LogP contribution in [-0.2, 0) is 19.1 Å². The molecule has 0 radical (unpaired) electrons. The highest BCUT2D eigenvalue weighted by Gasteiger charge is 2.52. The fourth-order valence-electron chi connectivity index (χ4n) is 1.62. The van der Waals surface area contributed by atoms with Crippen LogP contribution in [0, 0.1) is 0 Å². The van der Waals surface area contributed by atoms with Crippen molar-refractivity contribution in [1.29, 1.82) is 0 Å². The Balaban J connectivity index is 2.28. The molecule has 0 atom stereocenters. The summed E-state index contributed by atoms with van der Waals surface area (Å²) in [4.78, 5) is 0. The van der Waals surface area contributed by atoms with Gasteiger partial charge in [0.1, 0.15) is 4.21 Å². The highest BCUT2D eigenvalue weighted by Crippen LogP contribution is 2.37. The minimum absolute atomic E-state index is 0.340. The lowest BCUT2D eigenvalue weighted by Gasteiger charge is -2.32. The summed E-state index contributed by atoms with van der Waals surface area (Å²) in [5.41, 5.74) is -0.820. The second-order valence-electron chi connectivity index (χ2n) is 5.52. The van der Waals surface area contributed by atoms with E-state index in [1.54, 1.807) is 12.1 Å². The standard InChI is InChI=1S/C11H17BO4S2/c1-10(2)11(3,4)16-12(15-10)8-6-7-9(17-8)18(5,13)14/h6-7H,1-5H3. The molecule has 0 spiro atoms. The molecular formula is C11H17BO4S2. The van der Waals surface area contributed by atoms with E-state index in [0.717, 1.165) is 4.78 Å². The van der Waals surface area contributed by atoms with Crippen LogP contribution in [0.2, 0.25) is 0 Å². The molecule has 7 heteroatoms. The van der Waals surface area contributed by atoms with Gasteiger partial charge in [-0.2, -0.15) is 0 Å². The van der Waals surface area contributed by atoms with Crippen molar-refractivity contribution in [2.45, 2.75) is 43.1 Å². The molecule has 100 valence electrons. The van der Waals surface area contributed by atoms with Crippen molar-refractivity contribution >= 4 is 33.1 Å². The SMILES string of the molecule is CC1(C)OB(c2ccc(S(C)(=O)=O)s2)OC1(C)C. The fraction of sp³-hybridized carbons (Fsp3) is 0.636. The molecule has 18 heavy (non-hydrogen) atoms. The number of hydrogen-bond acceptors (Lipinski definition) is 5. The summed E-state index contributed by atoms with van der Waals surface area (Å²) in [6.45, 7) is 7.88. The average molecular weight is 288 g/mol. The van der Waals surface area contributed by atoms with Crippen molar-refractivity contribution in [2.75, 3.05) is 6.26 Å². The fourth-order valence-corrected chi connectivity index (χ4v) is 3.53. The summed E-state index contributed by atoms with van der Waals surface area (Å²) in [6, 6.07) is 3.35. The van der Waals surface area contributed by atoms with E-state index >= 15 is 0 Å². The second-order valence-corrected chi connectivity index (χ2v) is 8.88. The van der Waals surface area contributed by atoms with Gasteiger partial charge in [0.25, 0.3) is 0 Å². The molecule has 0 aromatic carbocycles. The molecule has 2 rings (SSSR count). The van der Waals surface area contributed by atoms with Crippen LogP contribution >= 0.6 is 11.3 Å². The number of rotatable bonds is 2. The van der Waals surface area contributed by atoms with Crippen LogP contribution in [0.25, 0.3) is 0 Å². The molecule has 0 amide bonds. The van der Waals surface area contributed by atoms with E-state index in [1.807, 2.05) is 27.7 Å². The lowest BCUT2D eigenvalue weighted by atomic mass is 9.88. The minimum atomic E-state index is -3.16. The normalized spacial score (nSPS) is 22.4. The maximum Gasteiger partial charge on any atom is 0.505 e. The zero-order valence-corrected chi connectivity index (χ0v) is 12.8. The predicted octanol–water partition coefficient (Wildman–Crippen LogP) is 1.45. The van der Waals surface area contributed by atoms with E-state index in [2.05, 4.69) is 0 Å². The highest BCUT2D eigenvalue weighted by atomic mass is 32.2. The Hall–Kier alpha value is -0.365. The Labute approximate surface area is 112 Å². The van der Waals surface area contributed by atoms with E-state index in [9.17, 15) is 8.42 Å². The Morgan fingerprint density at radius 3 is 2.00 bits per heavy atom.